The molecule has 0 heterocycles. The maximum absolute atomic E-state index is 13.2. The Bertz CT molecular complexity index is 634. The molecule has 0 amide bonds. The first-order valence-electron chi connectivity index (χ1n) is 5.36. The van der Waals surface area contributed by atoms with Crippen molar-refractivity contribution in [3.8, 4) is 11.8 Å². The highest BCUT2D eigenvalue weighted by molar-refractivity contribution is 9.10. The van der Waals surface area contributed by atoms with Crippen LogP contribution < -0.4 is 4.74 Å². The number of halogens is 3. The van der Waals surface area contributed by atoms with Gasteiger partial charge >= 0.3 is 0 Å². The van der Waals surface area contributed by atoms with E-state index in [9.17, 15) is 4.39 Å². The van der Waals surface area contributed by atoms with Crippen LogP contribution in [0.2, 0.25) is 5.02 Å². The molecule has 0 aromatic heterocycles. The van der Waals surface area contributed by atoms with Gasteiger partial charge in [0.05, 0.1) is 5.56 Å². The van der Waals surface area contributed by atoms with Gasteiger partial charge in [0.15, 0.2) is 0 Å². The second-order valence-electron chi connectivity index (χ2n) is 3.82. The molecule has 0 aliphatic rings. The third-order valence-electron chi connectivity index (χ3n) is 2.38. The van der Waals surface area contributed by atoms with Gasteiger partial charge in [-0.05, 0) is 35.9 Å². The molecule has 0 N–H and O–H groups in total. The Morgan fingerprint density at radius 3 is 2.74 bits per heavy atom. The SMILES string of the molecule is N#Cc1ccc(Cl)cc1OCc1cc(F)cc(Br)c1. The van der Waals surface area contributed by atoms with Crippen molar-refractivity contribution in [2.24, 2.45) is 0 Å². The van der Waals surface area contributed by atoms with Gasteiger partial charge in [0, 0.05) is 15.6 Å². The summed E-state index contributed by atoms with van der Waals surface area (Å²) in [7, 11) is 0. The van der Waals surface area contributed by atoms with Gasteiger partial charge in [-0.25, -0.2) is 4.39 Å². The van der Waals surface area contributed by atoms with Gasteiger partial charge in [-0.15, -0.1) is 0 Å². The van der Waals surface area contributed by atoms with Gasteiger partial charge < -0.3 is 4.74 Å². The van der Waals surface area contributed by atoms with E-state index in [4.69, 9.17) is 21.6 Å². The highest BCUT2D eigenvalue weighted by Crippen LogP contribution is 2.24. The molecular formula is C14H8BrClFNO. The first-order valence-corrected chi connectivity index (χ1v) is 6.53. The van der Waals surface area contributed by atoms with E-state index >= 15 is 0 Å². The summed E-state index contributed by atoms with van der Waals surface area (Å²) < 4.78 is 19.4. The predicted molar refractivity (Wildman–Crippen MR) is 74.6 cm³/mol. The van der Waals surface area contributed by atoms with E-state index < -0.39 is 0 Å². The summed E-state index contributed by atoms with van der Waals surface area (Å²) in [6.07, 6.45) is 0. The van der Waals surface area contributed by atoms with E-state index in [0.29, 0.717) is 26.4 Å². The standard InChI is InChI=1S/C14H8BrClFNO/c15-11-3-9(4-13(17)5-11)8-19-14-6-12(16)2-1-10(14)7-18/h1-6H,8H2. The lowest BCUT2D eigenvalue weighted by Gasteiger charge is -2.09. The summed E-state index contributed by atoms with van der Waals surface area (Å²) in [6.45, 7) is 0.158. The summed E-state index contributed by atoms with van der Waals surface area (Å²) in [5.74, 6) is 0.0370. The van der Waals surface area contributed by atoms with E-state index in [0.717, 1.165) is 0 Å². The highest BCUT2D eigenvalue weighted by atomic mass is 79.9. The second-order valence-corrected chi connectivity index (χ2v) is 5.17. The third-order valence-corrected chi connectivity index (χ3v) is 3.07. The molecule has 0 bridgehead atoms. The van der Waals surface area contributed by atoms with Crippen molar-refractivity contribution >= 4 is 27.5 Å². The maximum Gasteiger partial charge on any atom is 0.139 e. The van der Waals surface area contributed by atoms with Crippen molar-refractivity contribution in [2.45, 2.75) is 6.61 Å². The number of benzene rings is 2. The van der Waals surface area contributed by atoms with Crippen LogP contribution in [0.25, 0.3) is 0 Å². The first-order chi connectivity index (χ1) is 9.08. The normalized spacial score (nSPS) is 10.0. The van der Waals surface area contributed by atoms with E-state index in [-0.39, 0.29) is 12.4 Å². The molecular weight excluding hydrogens is 333 g/mol. The lowest BCUT2D eigenvalue weighted by atomic mass is 10.2. The Kier molecular flexibility index (Phi) is 4.41. The van der Waals surface area contributed by atoms with Crippen molar-refractivity contribution in [2.75, 3.05) is 0 Å². The number of hydrogen-bond donors (Lipinski definition) is 0. The average Bonchev–Trinajstić information content (AvgIpc) is 2.35. The van der Waals surface area contributed by atoms with Crippen LogP contribution in [0.5, 0.6) is 5.75 Å². The highest BCUT2D eigenvalue weighted by Gasteiger charge is 2.06. The van der Waals surface area contributed by atoms with E-state index in [1.165, 1.54) is 12.1 Å². The lowest BCUT2D eigenvalue weighted by molar-refractivity contribution is 0.304. The molecule has 0 saturated heterocycles. The molecule has 19 heavy (non-hydrogen) atoms. The zero-order valence-electron chi connectivity index (χ0n) is 9.66. The summed E-state index contributed by atoms with van der Waals surface area (Å²) in [5.41, 5.74) is 1.05. The van der Waals surface area contributed by atoms with Gasteiger partial charge in [0.25, 0.3) is 0 Å². The largest absolute Gasteiger partial charge is 0.487 e. The Morgan fingerprint density at radius 2 is 2.05 bits per heavy atom. The predicted octanol–water partition coefficient (Wildman–Crippen LogP) is 4.69. The average molecular weight is 341 g/mol. The Balaban J connectivity index is 2.19. The summed E-state index contributed by atoms with van der Waals surface area (Å²) in [5, 5.41) is 9.44. The van der Waals surface area contributed by atoms with Crippen LogP contribution in [-0.2, 0) is 6.61 Å². The van der Waals surface area contributed by atoms with Crippen LogP contribution in [-0.4, -0.2) is 0 Å². The minimum Gasteiger partial charge on any atom is -0.487 e. The zero-order valence-corrected chi connectivity index (χ0v) is 12.0. The number of rotatable bonds is 3. The molecule has 2 aromatic carbocycles. The van der Waals surface area contributed by atoms with Crippen LogP contribution in [0, 0.1) is 17.1 Å². The van der Waals surface area contributed by atoms with Crippen LogP contribution in [0.4, 0.5) is 4.39 Å². The molecule has 0 atom stereocenters. The van der Waals surface area contributed by atoms with Crippen LogP contribution in [0.1, 0.15) is 11.1 Å². The van der Waals surface area contributed by atoms with Gasteiger partial charge in [0.2, 0.25) is 0 Å². The Hall–Kier alpha value is -1.57. The monoisotopic (exact) mass is 339 g/mol. The topological polar surface area (TPSA) is 33.0 Å². The fourth-order valence-corrected chi connectivity index (χ4v) is 2.24. The van der Waals surface area contributed by atoms with Crippen molar-refractivity contribution in [1.29, 1.82) is 5.26 Å². The van der Waals surface area contributed by atoms with E-state index in [1.54, 1.807) is 24.3 Å². The third kappa shape index (κ3) is 3.69. The van der Waals surface area contributed by atoms with E-state index in [1.807, 2.05) is 6.07 Å². The number of nitrogens with zero attached hydrogens (tertiary/aromatic N) is 1. The van der Waals surface area contributed by atoms with Crippen LogP contribution >= 0.6 is 27.5 Å². The van der Waals surface area contributed by atoms with Gasteiger partial charge in [-0.3, -0.25) is 0 Å². The minimum absolute atomic E-state index is 0.158. The molecule has 96 valence electrons. The van der Waals surface area contributed by atoms with Gasteiger partial charge in [0.1, 0.15) is 24.2 Å². The molecule has 0 aliphatic heterocycles. The summed E-state index contributed by atoms with van der Waals surface area (Å²) in [6, 6.07) is 11.3. The van der Waals surface area contributed by atoms with Gasteiger partial charge in [-0.1, -0.05) is 27.5 Å². The molecule has 0 radical (unpaired) electrons. The van der Waals surface area contributed by atoms with Gasteiger partial charge in [-0.2, -0.15) is 5.26 Å². The number of nitriles is 1. The quantitative estimate of drug-likeness (QED) is 0.812. The fraction of sp³-hybridized carbons (Fsp3) is 0.0714. The molecule has 2 nitrogen and oxygen atoms in total. The minimum atomic E-state index is -0.348. The van der Waals surface area contributed by atoms with Crippen molar-refractivity contribution in [3.05, 3.63) is 62.8 Å². The molecule has 0 aliphatic carbocycles. The van der Waals surface area contributed by atoms with E-state index in [2.05, 4.69) is 15.9 Å². The zero-order chi connectivity index (χ0) is 13.8. The Morgan fingerprint density at radius 1 is 1.26 bits per heavy atom. The molecule has 2 aromatic rings. The molecule has 0 fully saturated rings. The first kappa shape index (κ1) is 13.9. The maximum atomic E-state index is 13.2. The van der Waals surface area contributed by atoms with Crippen LogP contribution in [0.3, 0.4) is 0 Å². The molecule has 2 rings (SSSR count). The lowest BCUT2D eigenvalue weighted by Crippen LogP contribution is -1.98. The number of ether oxygens (including phenoxy) is 1. The summed E-state index contributed by atoms with van der Waals surface area (Å²) in [4.78, 5) is 0. The Labute approximate surface area is 123 Å². The van der Waals surface area contributed by atoms with Crippen molar-refractivity contribution in [1.82, 2.24) is 0 Å². The second kappa shape index (κ2) is 6.05. The summed E-state index contributed by atoms with van der Waals surface area (Å²) >= 11 is 9.06. The van der Waals surface area contributed by atoms with Crippen molar-refractivity contribution < 1.29 is 9.13 Å². The molecule has 0 saturated carbocycles. The van der Waals surface area contributed by atoms with Crippen LogP contribution in [0.15, 0.2) is 40.9 Å². The van der Waals surface area contributed by atoms with Crippen molar-refractivity contribution in [3.63, 3.8) is 0 Å². The smallest absolute Gasteiger partial charge is 0.139 e. The molecule has 5 heteroatoms. The molecule has 0 spiro atoms. The fourth-order valence-electron chi connectivity index (χ4n) is 1.56. The number of hydrogen-bond acceptors (Lipinski definition) is 2. The molecule has 0 unspecified atom stereocenters.